The van der Waals surface area contributed by atoms with E-state index < -0.39 is 17.6 Å². The summed E-state index contributed by atoms with van der Waals surface area (Å²) in [4.78, 5) is 26.0. The number of amides is 2. The molecule has 0 radical (unpaired) electrons. The second-order valence-corrected chi connectivity index (χ2v) is 7.88. The van der Waals surface area contributed by atoms with Gasteiger partial charge in [-0.2, -0.15) is 13.2 Å². The van der Waals surface area contributed by atoms with Crippen LogP contribution in [0.25, 0.3) is 0 Å². The van der Waals surface area contributed by atoms with Gasteiger partial charge in [0.2, 0.25) is 5.91 Å². The van der Waals surface area contributed by atoms with Crippen molar-refractivity contribution in [1.29, 1.82) is 0 Å². The van der Waals surface area contributed by atoms with E-state index in [1.165, 1.54) is 18.2 Å². The Balaban J connectivity index is 1.40. The highest BCUT2D eigenvalue weighted by molar-refractivity contribution is 9.10. The van der Waals surface area contributed by atoms with Gasteiger partial charge in [-0.25, -0.2) is 0 Å². The van der Waals surface area contributed by atoms with Gasteiger partial charge in [0.1, 0.15) is 0 Å². The van der Waals surface area contributed by atoms with Crippen molar-refractivity contribution in [2.45, 2.75) is 31.6 Å². The number of carbonyl (C=O) groups is 2. The fourth-order valence-electron chi connectivity index (χ4n) is 3.30. The largest absolute Gasteiger partial charge is 0.444 e. The van der Waals surface area contributed by atoms with Gasteiger partial charge in [0.15, 0.2) is 10.4 Å². The fraction of sp³-hybridized carbons (Fsp3) is 0.400. The molecule has 0 spiro atoms. The summed E-state index contributed by atoms with van der Waals surface area (Å²) in [7, 11) is 0. The Bertz CT molecular complexity index is 893. The van der Waals surface area contributed by atoms with Crippen molar-refractivity contribution in [2.75, 3.05) is 19.6 Å². The van der Waals surface area contributed by atoms with Crippen LogP contribution >= 0.6 is 15.9 Å². The molecule has 2 aromatic rings. The predicted octanol–water partition coefficient (Wildman–Crippen LogP) is 3.57. The van der Waals surface area contributed by atoms with E-state index in [0.717, 1.165) is 6.07 Å². The number of nitrogens with one attached hydrogen (secondary N) is 2. The molecule has 0 saturated carbocycles. The van der Waals surface area contributed by atoms with E-state index in [9.17, 15) is 22.8 Å². The summed E-state index contributed by atoms with van der Waals surface area (Å²) in [6.07, 6.45) is -2.98. The number of carbonyl (C=O) groups excluding carboxylic acids is 2. The highest BCUT2D eigenvalue weighted by atomic mass is 79.9. The third-order valence-electron chi connectivity index (χ3n) is 4.82. The highest BCUT2D eigenvalue weighted by Crippen LogP contribution is 2.30. The number of likely N-dealkylation sites (tertiary alicyclic amines) is 1. The van der Waals surface area contributed by atoms with E-state index in [4.69, 9.17) is 4.42 Å². The molecule has 0 unspecified atom stereocenters. The first kappa shape index (κ1) is 22.4. The summed E-state index contributed by atoms with van der Waals surface area (Å²) in [5, 5.41) is 5.37. The third kappa shape index (κ3) is 6.33. The number of nitrogens with zero attached hydrogens (tertiary/aromatic N) is 1. The van der Waals surface area contributed by atoms with Crippen LogP contribution in [0.3, 0.4) is 0 Å². The maximum atomic E-state index is 12.8. The van der Waals surface area contributed by atoms with Crippen LogP contribution in [-0.4, -0.2) is 42.4 Å². The van der Waals surface area contributed by atoms with Crippen LogP contribution in [-0.2, 0) is 17.5 Å². The average molecular weight is 488 g/mol. The summed E-state index contributed by atoms with van der Waals surface area (Å²) < 4.78 is 44.1. The van der Waals surface area contributed by atoms with E-state index in [2.05, 4.69) is 31.5 Å². The number of furan rings is 1. The molecule has 6 nitrogen and oxygen atoms in total. The Morgan fingerprint density at radius 3 is 2.53 bits per heavy atom. The Hall–Kier alpha value is -2.33. The Labute approximate surface area is 179 Å². The molecule has 0 atom stereocenters. The molecule has 162 valence electrons. The number of halogens is 4. The molecule has 3 rings (SSSR count). The number of benzene rings is 1. The van der Waals surface area contributed by atoms with Crippen molar-refractivity contribution in [1.82, 2.24) is 15.5 Å². The SMILES string of the molecule is O=C(CNC(=O)c1ccc(Br)o1)NC1CCN(Cc2cccc(C(F)(F)F)c2)CC1. The molecular weight excluding hydrogens is 467 g/mol. The van der Waals surface area contributed by atoms with Gasteiger partial charge in [-0.1, -0.05) is 18.2 Å². The van der Waals surface area contributed by atoms with Crippen LogP contribution in [0.1, 0.15) is 34.5 Å². The van der Waals surface area contributed by atoms with Gasteiger partial charge in [0, 0.05) is 25.7 Å². The molecule has 1 aliphatic rings. The summed E-state index contributed by atoms with van der Waals surface area (Å²) >= 11 is 3.10. The van der Waals surface area contributed by atoms with Gasteiger partial charge in [0.25, 0.3) is 5.91 Å². The third-order valence-corrected chi connectivity index (χ3v) is 5.25. The monoisotopic (exact) mass is 487 g/mol. The second-order valence-electron chi connectivity index (χ2n) is 7.10. The number of rotatable bonds is 6. The molecular formula is C20H21BrF3N3O3. The minimum Gasteiger partial charge on any atom is -0.444 e. The average Bonchev–Trinajstić information content (AvgIpc) is 3.14. The first-order valence-electron chi connectivity index (χ1n) is 9.42. The zero-order chi connectivity index (χ0) is 21.7. The number of hydrogen-bond donors (Lipinski definition) is 2. The van der Waals surface area contributed by atoms with Gasteiger partial charge in [-0.15, -0.1) is 0 Å². The molecule has 1 aliphatic heterocycles. The Kier molecular flexibility index (Phi) is 7.19. The number of hydrogen-bond acceptors (Lipinski definition) is 4. The molecule has 0 aliphatic carbocycles. The zero-order valence-electron chi connectivity index (χ0n) is 16.0. The lowest BCUT2D eigenvalue weighted by Crippen LogP contribution is -2.47. The summed E-state index contributed by atoms with van der Waals surface area (Å²) in [6.45, 7) is 1.59. The maximum Gasteiger partial charge on any atom is 0.416 e. The van der Waals surface area contributed by atoms with Crippen molar-refractivity contribution < 1.29 is 27.2 Å². The molecule has 1 aromatic carbocycles. The number of piperidine rings is 1. The normalized spacial score (nSPS) is 15.7. The molecule has 30 heavy (non-hydrogen) atoms. The lowest BCUT2D eigenvalue weighted by Gasteiger charge is -2.32. The molecule has 1 aromatic heterocycles. The summed E-state index contributed by atoms with van der Waals surface area (Å²) in [5.74, 6) is -0.672. The molecule has 2 amide bonds. The lowest BCUT2D eigenvalue weighted by atomic mass is 10.0. The Morgan fingerprint density at radius 1 is 1.17 bits per heavy atom. The van der Waals surface area contributed by atoms with E-state index in [0.29, 0.717) is 42.7 Å². The van der Waals surface area contributed by atoms with Crippen LogP contribution in [0.15, 0.2) is 45.5 Å². The first-order valence-corrected chi connectivity index (χ1v) is 10.2. The molecule has 2 N–H and O–H groups in total. The van der Waals surface area contributed by atoms with Gasteiger partial charge in [-0.05, 0) is 52.5 Å². The van der Waals surface area contributed by atoms with Gasteiger partial charge >= 0.3 is 6.18 Å². The van der Waals surface area contributed by atoms with Gasteiger partial charge in [0.05, 0.1) is 12.1 Å². The van der Waals surface area contributed by atoms with Crippen molar-refractivity contribution in [3.05, 3.63) is 58.0 Å². The standard InChI is InChI=1S/C20H21BrF3N3O3/c21-17-5-4-16(30-17)19(29)25-11-18(28)26-15-6-8-27(9-7-15)12-13-2-1-3-14(10-13)20(22,23)24/h1-5,10,15H,6-9,11-12H2,(H,25,29)(H,26,28). The quantitative estimate of drug-likeness (QED) is 0.653. The first-order chi connectivity index (χ1) is 14.2. The van der Waals surface area contributed by atoms with Crippen LogP contribution in [0.5, 0.6) is 0 Å². The molecule has 2 heterocycles. The smallest absolute Gasteiger partial charge is 0.416 e. The second kappa shape index (κ2) is 9.65. The van der Waals surface area contributed by atoms with Gasteiger partial charge < -0.3 is 15.1 Å². The maximum absolute atomic E-state index is 12.8. The lowest BCUT2D eigenvalue weighted by molar-refractivity contribution is -0.137. The van der Waals surface area contributed by atoms with Crippen LogP contribution in [0.4, 0.5) is 13.2 Å². The van der Waals surface area contributed by atoms with Crippen LogP contribution in [0.2, 0.25) is 0 Å². The fourth-order valence-corrected chi connectivity index (χ4v) is 3.61. The zero-order valence-corrected chi connectivity index (χ0v) is 17.6. The summed E-state index contributed by atoms with van der Waals surface area (Å²) in [5.41, 5.74) is -0.0364. The van der Waals surface area contributed by atoms with Crippen molar-refractivity contribution in [3.8, 4) is 0 Å². The van der Waals surface area contributed by atoms with E-state index in [1.807, 2.05) is 0 Å². The topological polar surface area (TPSA) is 74.6 Å². The van der Waals surface area contributed by atoms with E-state index >= 15 is 0 Å². The van der Waals surface area contributed by atoms with Crippen molar-refractivity contribution in [2.24, 2.45) is 0 Å². The molecule has 10 heteroatoms. The minimum absolute atomic E-state index is 0.0371. The van der Waals surface area contributed by atoms with Crippen molar-refractivity contribution in [3.63, 3.8) is 0 Å². The Morgan fingerprint density at radius 2 is 1.90 bits per heavy atom. The van der Waals surface area contributed by atoms with Gasteiger partial charge in [-0.3, -0.25) is 14.5 Å². The van der Waals surface area contributed by atoms with Crippen LogP contribution in [0, 0.1) is 0 Å². The van der Waals surface area contributed by atoms with Crippen LogP contribution < -0.4 is 10.6 Å². The highest BCUT2D eigenvalue weighted by Gasteiger charge is 2.30. The summed E-state index contributed by atoms with van der Waals surface area (Å²) in [6, 6.07) is 8.39. The molecule has 1 saturated heterocycles. The molecule has 1 fully saturated rings. The van der Waals surface area contributed by atoms with E-state index in [-0.39, 0.29) is 24.3 Å². The predicted molar refractivity (Wildman–Crippen MR) is 107 cm³/mol. The number of alkyl halides is 3. The minimum atomic E-state index is -4.35. The van der Waals surface area contributed by atoms with E-state index in [1.54, 1.807) is 12.1 Å². The molecule has 0 bridgehead atoms. The van der Waals surface area contributed by atoms with Crippen molar-refractivity contribution >= 4 is 27.7 Å².